The highest BCUT2D eigenvalue weighted by Crippen LogP contribution is 2.31. The smallest absolute Gasteiger partial charge is 0.251 e. The zero-order valence-electron chi connectivity index (χ0n) is 24.3. The SMILES string of the molecule is O=C(NCC1CCN(CC(c2ccccc2)c2ccccc2)C(=O)C(C2CCCCC2)N1)c1ccc2ccccc2c1. The van der Waals surface area contributed by atoms with Gasteiger partial charge >= 0.3 is 0 Å². The first-order valence-electron chi connectivity index (χ1n) is 15.6. The van der Waals surface area contributed by atoms with Gasteiger partial charge in [-0.1, -0.05) is 110 Å². The molecule has 0 radical (unpaired) electrons. The van der Waals surface area contributed by atoms with Gasteiger partial charge in [0.2, 0.25) is 5.91 Å². The highest BCUT2D eigenvalue weighted by molar-refractivity contribution is 5.98. The lowest BCUT2D eigenvalue weighted by Crippen LogP contribution is -2.53. The fourth-order valence-electron chi connectivity index (χ4n) is 6.82. The molecule has 0 aromatic heterocycles. The molecule has 0 spiro atoms. The maximum absolute atomic E-state index is 14.2. The second-order valence-corrected chi connectivity index (χ2v) is 12.0. The van der Waals surface area contributed by atoms with Crippen molar-refractivity contribution in [3.63, 3.8) is 0 Å². The molecule has 216 valence electrons. The number of hydrogen-bond donors (Lipinski definition) is 2. The second-order valence-electron chi connectivity index (χ2n) is 12.0. The van der Waals surface area contributed by atoms with Crippen molar-refractivity contribution >= 4 is 22.6 Å². The number of amides is 2. The van der Waals surface area contributed by atoms with Crippen LogP contribution < -0.4 is 10.6 Å². The summed E-state index contributed by atoms with van der Waals surface area (Å²) in [5.41, 5.74) is 3.11. The number of fused-ring (bicyclic) bond motifs is 1. The van der Waals surface area contributed by atoms with Gasteiger partial charge < -0.3 is 15.5 Å². The van der Waals surface area contributed by atoms with Gasteiger partial charge in [-0.25, -0.2) is 0 Å². The molecule has 0 bridgehead atoms. The maximum Gasteiger partial charge on any atom is 0.251 e. The Morgan fingerprint density at radius 2 is 1.43 bits per heavy atom. The lowest BCUT2D eigenvalue weighted by Gasteiger charge is -2.34. The van der Waals surface area contributed by atoms with Gasteiger partial charge in [-0.05, 0) is 59.2 Å². The third-order valence-electron chi connectivity index (χ3n) is 9.19. The van der Waals surface area contributed by atoms with Crippen LogP contribution in [0.4, 0.5) is 0 Å². The minimum Gasteiger partial charge on any atom is -0.350 e. The van der Waals surface area contributed by atoms with E-state index >= 15 is 0 Å². The maximum atomic E-state index is 14.2. The highest BCUT2D eigenvalue weighted by atomic mass is 16.2. The van der Waals surface area contributed by atoms with E-state index in [4.69, 9.17) is 0 Å². The van der Waals surface area contributed by atoms with Crippen molar-refractivity contribution in [3.8, 4) is 0 Å². The van der Waals surface area contributed by atoms with Crippen LogP contribution in [0.25, 0.3) is 10.8 Å². The molecule has 1 saturated heterocycles. The Morgan fingerprint density at radius 3 is 2.12 bits per heavy atom. The molecular formula is C37H41N3O2. The molecule has 6 rings (SSSR count). The highest BCUT2D eigenvalue weighted by Gasteiger charge is 2.37. The molecule has 2 unspecified atom stereocenters. The molecule has 5 heteroatoms. The number of nitrogens with zero attached hydrogens (tertiary/aromatic N) is 1. The fraction of sp³-hybridized carbons (Fsp3) is 0.351. The van der Waals surface area contributed by atoms with Crippen molar-refractivity contribution in [1.82, 2.24) is 15.5 Å². The van der Waals surface area contributed by atoms with E-state index in [0.29, 0.717) is 31.1 Å². The molecule has 1 aliphatic heterocycles. The van der Waals surface area contributed by atoms with E-state index in [2.05, 4.69) is 70.1 Å². The van der Waals surface area contributed by atoms with Crippen LogP contribution in [0.1, 0.15) is 65.9 Å². The summed E-state index contributed by atoms with van der Waals surface area (Å²) in [7, 11) is 0. The average molecular weight is 560 g/mol. The van der Waals surface area contributed by atoms with Crippen molar-refractivity contribution < 1.29 is 9.59 Å². The average Bonchev–Trinajstić information content (AvgIpc) is 3.21. The first-order valence-corrected chi connectivity index (χ1v) is 15.6. The molecule has 1 heterocycles. The van der Waals surface area contributed by atoms with E-state index in [9.17, 15) is 9.59 Å². The normalized spacial score (nSPS) is 20.0. The number of benzene rings is 4. The monoisotopic (exact) mass is 559 g/mol. The number of rotatable bonds is 8. The molecule has 4 aromatic carbocycles. The summed E-state index contributed by atoms with van der Waals surface area (Å²) in [4.78, 5) is 29.5. The van der Waals surface area contributed by atoms with Gasteiger partial charge in [0.25, 0.3) is 5.91 Å². The van der Waals surface area contributed by atoms with E-state index in [-0.39, 0.29) is 29.8 Å². The Bertz CT molecular complexity index is 1440. The Morgan fingerprint density at radius 1 is 0.786 bits per heavy atom. The van der Waals surface area contributed by atoms with Crippen molar-refractivity contribution in [3.05, 3.63) is 120 Å². The summed E-state index contributed by atoms with van der Waals surface area (Å²) in [6.45, 7) is 1.81. The molecular weight excluding hydrogens is 518 g/mol. The molecule has 1 aliphatic carbocycles. The molecule has 4 aromatic rings. The summed E-state index contributed by atoms with van der Waals surface area (Å²) in [5.74, 6) is 0.574. The van der Waals surface area contributed by atoms with Crippen LogP contribution in [0.2, 0.25) is 0 Å². The van der Waals surface area contributed by atoms with Gasteiger partial charge in [-0.2, -0.15) is 0 Å². The third-order valence-corrected chi connectivity index (χ3v) is 9.19. The van der Waals surface area contributed by atoms with Gasteiger partial charge in [0.05, 0.1) is 6.04 Å². The Balaban J connectivity index is 1.20. The van der Waals surface area contributed by atoms with Crippen LogP contribution >= 0.6 is 0 Å². The van der Waals surface area contributed by atoms with Crippen LogP contribution in [0.5, 0.6) is 0 Å². The molecule has 2 atom stereocenters. The summed E-state index contributed by atoms with van der Waals surface area (Å²) in [6.07, 6.45) is 6.55. The van der Waals surface area contributed by atoms with Crippen molar-refractivity contribution in [2.45, 2.75) is 56.5 Å². The van der Waals surface area contributed by atoms with Crippen LogP contribution in [-0.4, -0.2) is 48.4 Å². The topological polar surface area (TPSA) is 61.4 Å². The quantitative estimate of drug-likeness (QED) is 0.258. The predicted molar refractivity (Wildman–Crippen MR) is 169 cm³/mol. The number of hydrogen-bond acceptors (Lipinski definition) is 3. The zero-order valence-corrected chi connectivity index (χ0v) is 24.3. The third kappa shape index (κ3) is 6.57. The van der Waals surface area contributed by atoms with Gasteiger partial charge in [0.1, 0.15) is 0 Å². The molecule has 1 saturated carbocycles. The van der Waals surface area contributed by atoms with E-state index in [1.807, 2.05) is 48.5 Å². The van der Waals surface area contributed by atoms with Gasteiger partial charge in [-0.15, -0.1) is 0 Å². The Labute approximate surface area is 249 Å². The second kappa shape index (κ2) is 13.3. The van der Waals surface area contributed by atoms with Crippen LogP contribution in [0.3, 0.4) is 0 Å². The summed E-state index contributed by atoms with van der Waals surface area (Å²) in [6, 6.07) is 34.8. The standard InChI is InChI=1S/C37H41N3O2/c41-36(32-21-20-27-12-10-11-19-31(27)24-32)38-25-33-22-23-40(37(42)35(39-33)30-17-8-3-9-18-30)26-34(28-13-4-1-5-14-28)29-15-6-2-7-16-29/h1-2,4-7,10-16,19-21,24,30,33-35,39H,3,8-9,17-18,22-23,25-26H2,(H,38,41). The fourth-order valence-corrected chi connectivity index (χ4v) is 6.82. The summed E-state index contributed by atoms with van der Waals surface area (Å²) >= 11 is 0. The molecule has 2 aliphatic rings. The van der Waals surface area contributed by atoms with E-state index < -0.39 is 0 Å². The van der Waals surface area contributed by atoms with Crippen LogP contribution in [0.15, 0.2) is 103 Å². The first-order chi connectivity index (χ1) is 20.7. The zero-order chi connectivity index (χ0) is 28.7. The van der Waals surface area contributed by atoms with Gasteiger partial charge in [0, 0.05) is 37.2 Å². The number of carbonyl (C=O) groups is 2. The van der Waals surface area contributed by atoms with E-state index in [1.54, 1.807) is 0 Å². The minimum atomic E-state index is -0.220. The predicted octanol–water partition coefficient (Wildman–Crippen LogP) is 6.54. The van der Waals surface area contributed by atoms with Crippen molar-refractivity contribution in [1.29, 1.82) is 0 Å². The van der Waals surface area contributed by atoms with Gasteiger partial charge in [-0.3, -0.25) is 9.59 Å². The molecule has 2 N–H and O–H groups in total. The largest absolute Gasteiger partial charge is 0.350 e. The van der Waals surface area contributed by atoms with Crippen molar-refractivity contribution in [2.75, 3.05) is 19.6 Å². The Kier molecular flexibility index (Phi) is 8.95. The molecule has 2 fully saturated rings. The summed E-state index contributed by atoms with van der Waals surface area (Å²) < 4.78 is 0. The van der Waals surface area contributed by atoms with Crippen LogP contribution in [0, 0.1) is 5.92 Å². The lowest BCUT2D eigenvalue weighted by atomic mass is 9.83. The lowest BCUT2D eigenvalue weighted by molar-refractivity contribution is -0.134. The van der Waals surface area contributed by atoms with Crippen LogP contribution in [-0.2, 0) is 4.79 Å². The van der Waals surface area contributed by atoms with E-state index in [0.717, 1.165) is 30.0 Å². The first kappa shape index (κ1) is 28.2. The van der Waals surface area contributed by atoms with E-state index in [1.165, 1.54) is 30.4 Å². The molecule has 42 heavy (non-hydrogen) atoms. The Hall–Kier alpha value is -3.96. The number of carbonyl (C=O) groups excluding carboxylic acids is 2. The minimum absolute atomic E-state index is 0.0298. The molecule has 2 amide bonds. The van der Waals surface area contributed by atoms with Crippen molar-refractivity contribution in [2.24, 2.45) is 5.92 Å². The molecule has 5 nitrogen and oxygen atoms in total. The number of nitrogens with one attached hydrogen (secondary N) is 2. The van der Waals surface area contributed by atoms with Gasteiger partial charge in [0.15, 0.2) is 0 Å². The summed E-state index contributed by atoms with van der Waals surface area (Å²) in [5, 5.41) is 9.11.